The van der Waals surface area contributed by atoms with Gasteiger partial charge in [-0.15, -0.1) is 11.3 Å². The smallest absolute Gasteiger partial charge is 0.251 e. The third-order valence-electron chi connectivity index (χ3n) is 2.85. The molecule has 1 N–H and O–H groups in total. The maximum Gasteiger partial charge on any atom is 0.251 e. The summed E-state index contributed by atoms with van der Waals surface area (Å²) in [5, 5.41) is 5.87. The van der Waals surface area contributed by atoms with Crippen LogP contribution in [-0.2, 0) is 0 Å². The van der Waals surface area contributed by atoms with Gasteiger partial charge in [0.1, 0.15) is 0 Å². The van der Waals surface area contributed by atoms with E-state index < -0.39 is 0 Å². The molecule has 0 aliphatic rings. The van der Waals surface area contributed by atoms with Gasteiger partial charge in [-0.25, -0.2) is 4.98 Å². The van der Waals surface area contributed by atoms with Crippen molar-refractivity contribution in [2.24, 2.45) is 0 Å². The molecule has 1 heterocycles. The van der Waals surface area contributed by atoms with Crippen molar-refractivity contribution in [2.45, 2.75) is 13.3 Å². The minimum absolute atomic E-state index is 0.0225. The lowest BCUT2D eigenvalue weighted by Gasteiger charge is -2.06. The van der Waals surface area contributed by atoms with E-state index in [1.54, 1.807) is 11.3 Å². The van der Waals surface area contributed by atoms with Gasteiger partial charge in [0.05, 0.1) is 5.69 Å². The van der Waals surface area contributed by atoms with E-state index in [9.17, 15) is 4.79 Å². The first-order valence-electron chi connectivity index (χ1n) is 6.63. The van der Waals surface area contributed by atoms with E-state index in [-0.39, 0.29) is 5.91 Å². The molecule has 106 valence electrons. The second-order valence-electron chi connectivity index (χ2n) is 4.74. The van der Waals surface area contributed by atoms with E-state index in [0.29, 0.717) is 12.1 Å². The van der Waals surface area contributed by atoms with Crippen molar-refractivity contribution in [3.63, 3.8) is 0 Å². The van der Waals surface area contributed by atoms with Crippen LogP contribution in [0.5, 0.6) is 0 Å². The van der Waals surface area contributed by atoms with Crippen molar-refractivity contribution in [3.05, 3.63) is 35.2 Å². The van der Waals surface area contributed by atoms with Crippen molar-refractivity contribution in [1.29, 1.82) is 0 Å². The third kappa shape index (κ3) is 3.36. The Morgan fingerprint density at radius 3 is 2.55 bits per heavy atom. The molecule has 5 heteroatoms. The van der Waals surface area contributed by atoms with E-state index in [2.05, 4.69) is 10.3 Å². The molecule has 4 nitrogen and oxygen atoms in total. The quantitative estimate of drug-likeness (QED) is 0.920. The molecule has 20 heavy (non-hydrogen) atoms. The Balaban J connectivity index is 2.12. The largest absolute Gasteiger partial charge is 0.354 e. The molecular weight excluding hydrogens is 270 g/mol. The average molecular weight is 289 g/mol. The second-order valence-corrected chi connectivity index (χ2v) is 5.58. The van der Waals surface area contributed by atoms with Crippen molar-refractivity contribution >= 4 is 22.4 Å². The molecular formula is C15H19N3OS. The van der Waals surface area contributed by atoms with Gasteiger partial charge < -0.3 is 10.2 Å². The highest BCUT2D eigenvalue weighted by Gasteiger charge is 2.08. The van der Waals surface area contributed by atoms with Crippen LogP contribution in [0.25, 0.3) is 11.3 Å². The van der Waals surface area contributed by atoms with Crippen LogP contribution in [-0.4, -0.2) is 31.5 Å². The number of benzene rings is 1. The lowest BCUT2D eigenvalue weighted by Crippen LogP contribution is -2.23. The van der Waals surface area contributed by atoms with Crippen LogP contribution in [0.2, 0.25) is 0 Å². The van der Waals surface area contributed by atoms with Crippen molar-refractivity contribution in [3.8, 4) is 11.3 Å². The highest BCUT2D eigenvalue weighted by Crippen LogP contribution is 2.26. The molecule has 1 aromatic heterocycles. The molecule has 0 saturated carbocycles. The predicted molar refractivity (Wildman–Crippen MR) is 84.5 cm³/mol. The Morgan fingerprint density at radius 2 is 2.00 bits per heavy atom. The molecule has 0 bridgehead atoms. The zero-order chi connectivity index (χ0) is 14.5. The minimum Gasteiger partial charge on any atom is -0.354 e. The third-order valence-corrected chi connectivity index (χ3v) is 3.86. The van der Waals surface area contributed by atoms with Crippen LogP contribution < -0.4 is 10.2 Å². The van der Waals surface area contributed by atoms with Crippen LogP contribution in [0.4, 0.5) is 5.13 Å². The van der Waals surface area contributed by atoms with Crippen LogP contribution in [0, 0.1) is 0 Å². The molecule has 0 aliphatic carbocycles. The van der Waals surface area contributed by atoms with Gasteiger partial charge in [0.2, 0.25) is 0 Å². The standard InChI is InChI=1S/C15H19N3OS/c1-4-9-16-14(19)12-7-5-11(6-8-12)13-10-20-15(17-13)18(2)3/h5-8,10H,4,9H2,1-3H3,(H,16,19). The molecule has 0 spiro atoms. The highest BCUT2D eigenvalue weighted by atomic mass is 32.1. The maximum absolute atomic E-state index is 11.8. The second kappa shape index (κ2) is 6.52. The van der Waals surface area contributed by atoms with Crippen LogP contribution in [0.15, 0.2) is 29.6 Å². The number of nitrogens with one attached hydrogen (secondary N) is 1. The van der Waals surface area contributed by atoms with E-state index >= 15 is 0 Å². The molecule has 0 unspecified atom stereocenters. The fraction of sp³-hybridized carbons (Fsp3) is 0.333. The average Bonchev–Trinajstić information content (AvgIpc) is 2.95. The normalized spacial score (nSPS) is 10.3. The Morgan fingerprint density at radius 1 is 1.30 bits per heavy atom. The molecule has 0 aliphatic heterocycles. The van der Waals surface area contributed by atoms with Crippen LogP contribution in [0.1, 0.15) is 23.7 Å². The number of carbonyl (C=O) groups is 1. The number of aromatic nitrogens is 1. The first kappa shape index (κ1) is 14.5. The number of hydrogen-bond donors (Lipinski definition) is 1. The van der Waals surface area contributed by atoms with E-state index in [1.165, 1.54) is 0 Å². The Bertz CT molecular complexity index is 575. The number of anilines is 1. The number of thiazole rings is 1. The summed E-state index contributed by atoms with van der Waals surface area (Å²) in [6, 6.07) is 7.56. The number of rotatable bonds is 5. The Hall–Kier alpha value is -1.88. The van der Waals surface area contributed by atoms with Gasteiger partial charge >= 0.3 is 0 Å². The molecule has 0 atom stereocenters. The van der Waals surface area contributed by atoms with Crippen molar-refractivity contribution in [2.75, 3.05) is 25.5 Å². The van der Waals surface area contributed by atoms with Gasteiger partial charge in [0.25, 0.3) is 5.91 Å². The fourth-order valence-electron chi connectivity index (χ4n) is 1.74. The first-order chi connectivity index (χ1) is 9.61. The zero-order valence-electron chi connectivity index (χ0n) is 12.0. The summed E-state index contributed by atoms with van der Waals surface area (Å²) >= 11 is 1.61. The monoisotopic (exact) mass is 289 g/mol. The molecule has 0 fully saturated rings. The van der Waals surface area contributed by atoms with Gasteiger partial charge in [-0.3, -0.25) is 4.79 Å². The maximum atomic E-state index is 11.8. The van der Waals surface area contributed by atoms with Gasteiger partial charge in [0, 0.05) is 37.1 Å². The van der Waals surface area contributed by atoms with Crippen molar-refractivity contribution in [1.82, 2.24) is 10.3 Å². The summed E-state index contributed by atoms with van der Waals surface area (Å²) in [7, 11) is 3.95. The van der Waals surface area contributed by atoms with E-state index in [0.717, 1.165) is 22.8 Å². The summed E-state index contributed by atoms with van der Waals surface area (Å²) in [6.45, 7) is 2.74. The Kier molecular flexibility index (Phi) is 4.74. The number of nitrogens with zero attached hydrogens (tertiary/aromatic N) is 2. The summed E-state index contributed by atoms with van der Waals surface area (Å²) in [6.07, 6.45) is 0.940. The van der Waals surface area contributed by atoms with Gasteiger partial charge in [-0.1, -0.05) is 19.1 Å². The van der Waals surface area contributed by atoms with Crippen molar-refractivity contribution < 1.29 is 4.79 Å². The predicted octanol–water partition coefficient (Wildman–Crippen LogP) is 3.02. The van der Waals surface area contributed by atoms with E-state index in [4.69, 9.17) is 0 Å². The summed E-state index contributed by atoms with van der Waals surface area (Å²) in [4.78, 5) is 18.3. The number of amides is 1. The molecule has 1 aromatic carbocycles. The SMILES string of the molecule is CCCNC(=O)c1ccc(-c2csc(N(C)C)n2)cc1. The minimum atomic E-state index is -0.0225. The lowest BCUT2D eigenvalue weighted by atomic mass is 10.1. The summed E-state index contributed by atoms with van der Waals surface area (Å²) < 4.78 is 0. The molecule has 0 saturated heterocycles. The number of hydrogen-bond acceptors (Lipinski definition) is 4. The fourth-order valence-corrected chi connectivity index (χ4v) is 2.50. The summed E-state index contributed by atoms with van der Waals surface area (Å²) in [5.41, 5.74) is 2.66. The molecule has 1 amide bonds. The number of carbonyl (C=O) groups excluding carboxylic acids is 1. The zero-order valence-corrected chi connectivity index (χ0v) is 12.8. The van der Waals surface area contributed by atoms with Crippen LogP contribution >= 0.6 is 11.3 Å². The summed E-state index contributed by atoms with van der Waals surface area (Å²) in [5.74, 6) is -0.0225. The molecule has 2 aromatic rings. The lowest BCUT2D eigenvalue weighted by molar-refractivity contribution is 0.0953. The van der Waals surface area contributed by atoms with Gasteiger partial charge in [-0.2, -0.15) is 0 Å². The van der Waals surface area contributed by atoms with Gasteiger partial charge in [0.15, 0.2) is 5.13 Å². The molecule has 0 radical (unpaired) electrons. The molecule has 2 rings (SSSR count). The first-order valence-corrected chi connectivity index (χ1v) is 7.51. The highest BCUT2D eigenvalue weighted by molar-refractivity contribution is 7.14. The van der Waals surface area contributed by atoms with E-state index in [1.807, 2.05) is 55.6 Å². The Labute approximate surface area is 123 Å². The topological polar surface area (TPSA) is 45.2 Å². The van der Waals surface area contributed by atoms with Crippen LogP contribution in [0.3, 0.4) is 0 Å². The van der Waals surface area contributed by atoms with Gasteiger partial charge in [-0.05, 0) is 18.6 Å².